The standard InChI is InChI=1S/C14H24N2O4/c1-20-7-6-16(9-13(17)18)14(19)15-8-12(10-2-3-10)11-4-5-11/h10-12H,2-9H2,1H3,(H,15,19)(H,17,18). The molecule has 2 rings (SSSR count). The Morgan fingerprint density at radius 3 is 2.35 bits per heavy atom. The number of nitrogens with zero attached hydrogens (tertiary/aromatic N) is 1. The monoisotopic (exact) mass is 284 g/mol. The fraction of sp³-hybridized carbons (Fsp3) is 0.857. The van der Waals surface area contributed by atoms with E-state index in [9.17, 15) is 9.59 Å². The van der Waals surface area contributed by atoms with Crippen molar-refractivity contribution in [2.24, 2.45) is 17.8 Å². The van der Waals surface area contributed by atoms with Crippen molar-refractivity contribution in [3.63, 3.8) is 0 Å². The van der Waals surface area contributed by atoms with Crippen molar-refractivity contribution < 1.29 is 19.4 Å². The van der Waals surface area contributed by atoms with Gasteiger partial charge in [0.15, 0.2) is 0 Å². The maximum absolute atomic E-state index is 12.1. The smallest absolute Gasteiger partial charge is 0.323 e. The molecule has 0 aromatic rings. The fourth-order valence-corrected chi connectivity index (χ4v) is 2.70. The number of carboxylic acid groups (broad SMARTS) is 1. The Hall–Kier alpha value is -1.30. The van der Waals surface area contributed by atoms with Crippen molar-refractivity contribution >= 4 is 12.0 Å². The maximum Gasteiger partial charge on any atom is 0.323 e. The highest BCUT2D eigenvalue weighted by Crippen LogP contribution is 2.48. The van der Waals surface area contributed by atoms with Gasteiger partial charge in [0, 0.05) is 20.2 Å². The average molecular weight is 284 g/mol. The van der Waals surface area contributed by atoms with Crippen LogP contribution < -0.4 is 5.32 Å². The van der Waals surface area contributed by atoms with Crippen LogP contribution in [-0.4, -0.2) is 55.4 Å². The minimum Gasteiger partial charge on any atom is -0.480 e. The summed E-state index contributed by atoms with van der Waals surface area (Å²) in [7, 11) is 1.53. The average Bonchev–Trinajstić information content (AvgIpc) is 3.26. The Kier molecular flexibility index (Phi) is 5.23. The molecule has 114 valence electrons. The number of methoxy groups -OCH3 is 1. The summed E-state index contributed by atoms with van der Waals surface area (Å²) in [5.74, 6) is 1.13. The number of carbonyl (C=O) groups is 2. The summed E-state index contributed by atoms with van der Waals surface area (Å²) >= 11 is 0. The molecule has 2 amide bonds. The van der Waals surface area contributed by atoms with Crippen LogP contribution in [-0.2, 0) is 9.53 Å². The number of aliphatic carboxylic acids is 1. The van der Waals surface area contributed by atoms with E-state index in [4.69, 9.17) is 9.84 Å². The number of nitrogens with one attached hydrogen (secondary N) is 1. The molecule has 20 heavy (non-hydrogen) atoms. The highest BCUT2D eigenvalue weighted by atomic mass is 16.5. The Bertz CT molecular complexity index is 341. The number of carboxylic acids is 1. The van der Waals surface area contributed by atoms with Crippen LogP contribution >= 0.6 is 0 Å². The molecule has 2 aliphatic rings. The molecule has 0 saturated heterocycles. The molecule has 0 bridgehead atoms. The van der Waals surface area contributed by atoms with Gasteiger partial charge in [-0.1, -0.05) is 0 Å². The number of hydrogen-bond acceptors (Lipinski definition) is 3. The zero-order chi connectivity index (χ0) is 14.5. The lowest BCUT2D eigenvalue weighted by molar-refractivity contribution is -0.137. The maximum atomic E-state index is 12.1. The van der Waals surface area contributed by atoms with E-state index in [-0.39, 0.29) is 12.6 Å². The molecule has 6 nitrogen and oxygen atoms in total. The van der Waals surface area contributed by atoms with Crippen LogP contribution in [0.2, 0.25) is 0 Å². The van der Waals surface area contributed by atoms with Crippen molar-refractivity contribution in [2.45, 2.75) is 25.7 Å². The first-order valence-corrected chi connectivity index (χ1v) is 7.35. The molecule has 0 spiro atoms. The Morgan fingerprint density at radius 2 is 1.90 bits per heavy atom. The second-order valence-electron chi connectivity index (χ2n) is 5.83. The van der Waals surface area contributed by atoms with E-state index in [0.29, 0.717) is 25.6 Å². The third kappa shape index (κ3) is 4.67. The van der Waals surface area contributed by atoms with E-state index >= 15 is 0 Å². The van der Waals surface area contributed by atoms with Gasteiger partial charge in [-0.2, -0.15) is 0 Å². The topological polar surface area (TPSA) is 78.9 Å². The first-order chi connectivity index (χ1) is 9.61. The summed E-state index contributed by atoms with van der Waals surface area (Å²) in [6.07, 6.45) is 5.11. The molecule has 0 radical (unpaired) electrons. The number of rotatable bonds is 9. The molecule has 2 fully saturated rings. The van der Waals surface area contributed by atoms with Gasteiger partial charge in [-0.25, -0.2) is 4.79 Å². The van der Waals surface area contributed by atoms with E-state index < -0.39 is 5.97 Å². The van der Waals surface area contributed by atoms with Gasteiger partial charge in [-0.05, 0) is 43.4 Å². The zero-order valence-electron chi connectivity index (χ0n) is 12.0. The summed E-state index contributed by atoms with van der Waals surface area (Å²) in [4.78, 5) is 24.2. The van der Waals surface area contributed by atoms with Crippen molar-refractivity contribution in [1.29, 1.82) is 0 Å². The minimum absolute atomic E-state index is 0.285. The van der Waals surface area contributed by atoms with Gasteiger partial charge in [0.2, 0.25) is 0 Å². The SMILES string of the molecule is COCCN(CC(=O)O)C(=O)NCC(C1CC1)C1CC1. The Balaban J connectivity index is 1.78. The lowest BCUT2D eigenvalue weighted by Crippen LogP contribution is -2.46. The van der Waals surface area contributed by atoms with Gasteiger partial charge < -0.3 is 20.1 Å². The van der Waals surface area contributed by atoms with Gasteiger partial charge in [-0.3, -0.25) is 4.79 Å². The lowest BCUT2D eigenvalue weighted by atomic mass is 9.98. The van der Waals surface area contributed by atoms with Gasteiger partial charge in [0.05, 0.1) is 6.61 Å². The van der Waals surface area contributed by atoms with Gasteiger partial charge in [0.1, 0.15) is 6.54 Å². The number of carbonyl (C=O) groups excluding carboxylic acids is 1. The van der Waals surface area contributed by atoms with Crippen LogP contribution in [0.1, 0.15) is 25.7 Å². The molecule has 0 atom stereocenters. The van der Waals surface area contributed by atoms with Gasteiger partial charge in [0.25, 0.3) is 0 Å². The van der Waals surface area contributed by atoms with Gasteiger partial charge in [-0.15, -0.1) is 0 Å². The molecule has 2 saturated carbocycles. The summed E-state index contributed by atoms with van der Waals surface area (Å²) in [6.45, 7) is 1.03. The molecule has 0 aliphatic heterocycles. The largest absolute Gasteiger partial charge is 0.480 e. The first kappa shape index (κ1) is 15.1. The second-order valence-corrected chi connectivity index (χ2v) is 5.83. The van der Waals surface area contributed by atoms with E-state index in [2.05, 4.69) is 5.32 Å². The predicted octanol–water partition coefficient (Wildman–Crippen LogP) is 1.17. The fourth-order valence-electron chi connectivity index (χ4n) is 2.70. The van der Waals surface area contributed by atoms with Crippen molar-refractivity contribution in [3.8, 4) is 0 Å². The first-order valence-electron chi connectivity index (χ1n) is 7.35. The third-order valence-electron chi connectivity index (χ3n) is 4.12. The Labute approximate surface area is 119 Å². The van der Waals surface area contributed by atoms with E-state index in [1.807, 2.05) is 0 Å². The molecule has 0 aromatic heterocycles. The molecule has 0 aromatic carbocycles. The predicted molar refractivity (Wildman–Crippen MR) is 73.4 cm³/mol. The van der Waals surface area contributed by atoms with Crippen LogP contribution in [0.15, 0.2) is 0 Å². The summed E-state index contributed by atoms with van der Waals surface area (Å²) < 4.78 is 4.91. The molecule has 2 N–H and O–H groups in total. The molecule has 0 unspecified atom stereocenters. The number of amides is 2. The molecule has 2 aliphatic carbocycles. The van der Waals surface area contributed by atoms with E-state index in [1.54, 1.807) is 0 Å². The van der Waals surface area contributed by atoms with Crippen LogP contribution in [0.3, 0.4) is 0 Å². The second kappa shape index (κ2) is 6.92. The quantitative estimate of drug-likeness (QED) is 0.666. The lowest BCUT2D eigenvalue weighted by Gasteiger charge is -2.23. The van der Waals surface area contributed by atoms with Gasteiger partial charge >= 0.3 is 12.0 Å². The summed E-state index contributed by atoms with van der Waals surface area (Å²) in [5, 5.41) is 11.8. The molecule has 6 heteroatoms. The Morgan fingerprint density at radius 1 is 1.30 bits per heavy atom. The van der Waals surface area contributed by atoms with E-state index in [0.717, 1.165) is 11.8 Å². The van der Waals surface area contributed by atoms with Crippen LogP contribution in [0.5, 0.6) is 0 Å². The summed E-state index contributed by atoms with van der Waals surface area (Å²) in [5.41, 5.74) is 0. The highest BCUT2D eigenvalue weighted by molar-refractivity contribution is 5.80. The number of urea groups is 1. The summed E-state index contributed by atoms with van der Waals surface area (Å²) in [6, 6.07) is -0.296. The van der Waals surface area contributed by atoms with Crippen molar-refractivity contribution in [2.75, 3.05) is 33.4 Å². The zero-order valence-corrected chi connectivity index (χ0v) is 12.0. The van der Waals surface area contributed by atoms with Crippen LogP contribution in [0, 0.1) is 17.8 Å². The number of hydrogen-bond donors (Lipinski definition) is 2. The van der Waals surface area contributed by atoms with Crippen molar-refractivity contribution in [1.82, 2.24) is 10.2 Å². The van der Waals surface area contributed by atoms with E-state index in [1.165, 1.54) is 37.7 Å². The molecule has 0 heterocycles. The van der Waals surface area contributed by atoms with Crippen molar-refractivity contribution in [3.05, 3.63) is 0 Å². The minimum atomic E-state index is -1.00. The normalized spacial score (nSPS) is 18.1. The van der Waals surface area contributed by atoms with Crippen LogP contribution in [0.25, 0.3) is 0 Å². The highest BCUT2D eigenvalue weighted by Gasteiger charge is 2.41. The number of ether oxygens (including phenoxy) is 1. The molecular weight excluding hydrogens is 260 g/mol. The molecular formula is C14H24N2O4. The third-order valence-corrected chi connectivity index (χ3v) is 4.12. The van der Waals surface area contributed by atoms with Crippen LogP contribution in [0.4, 0.5) is 4.79 Å².